The first kappa shape index (κ1) is 27.1. The average Bonchev–Trinajstić information content (AvgIpc) is 2.65. The van der Waals surface area contributed by atoms with Crippen molar-refractivity contribution in [1.29, 1.82) is 0 Å². The third kappa shape index (κ3) is 9.54. The van der Waals surface area contributed by atoms with Crippen LogP contribution >= 0.6 is 11.8 Å². The van der Waals surface area contributed by atoms with Gasteiger partial charge in [-0.25, -0.2) is 0 Å². The van der Waals surface area contributed by atoms with Crippen molar-refractivity contribution in [2.45, 2.75) is 91.7 Å². The van der Waals surface area contributed by atoms with Gasteiger partial charge in [0.15, 0.2) is 0 Å². The fourth-order valence-corrected chi connectivity index (χ4v) is 5.66. The molecule has 3 atom stereocenters. The molecule has 0 aliphatic rings. The second-order valence-corrected chi connectivity index (χ2v) is 9.47. The zero-order chi connectivity index (χ0) is 21.6. The predicted molar refractivity (Wildman–Crippen MR) is 133 cm³/mol. The summed E-state index contributed by atoms with van der Waals surface area (Å²) < 4.78 is 0. The van der Waals surface area contributed by atoms with Gasteiger partial charge in [-0.3, -0.25) is 0 Å². The lowest BCUT2D eigenvalue weighted by Crippen LogP contribution is -2.40. The lowest BCUT2D eigenvalue weighted by molar-refractivity contribution is 0.190. The van der Waals surface area contributed by atoms with Gasteiger partial charge in [0.2, 0.25) is 0 Å². The highest BCUT2D eigenvalue weighted by Gasteiger charge is 2.40. The molecular weight excluding hydrogens is 358 g/mol. The lowest BCUT2D eigenvalue weighted by Gasteiger charge is -2.44. The molecule has 0 saturated heterocycles. The molecule has 0 aromatic rings. The first-order valence-corrected chi connectivity index (χ1v) is 12.5. The molecule has 0 saturated carbocycles. The maximum atomic E-state index is 4.11. The van der Waals surface area contributed by atoms with Crippen LogP contribution in [0.25, 0.3) is 0 Å². The van der Waals surface area contributed by atoms with E-state index in [1.807, 2.05) is 6.92 Å². The largest absolute Gasteiger partial charge is 0.360 e. The quantitative estimate of drug-likeness (QED) is 0.157. The molecule has 0 aromatic heterocycles. The Morgan fingerprint density at radius 3 is 2.25 bits per heavy atom. The van der Waals surface area contributed by atoms with E-state index in [1.54, 1.807) is 0 Å². The topological polar surface area (TPSA) is 12.0 Å². The van der Waals surface area contributed by atoms with Crippen molar-refractivity contribution in [2.75, 3.05) is 6.26 Å². The molecule has 0 spiro atoms. The van der Waals surface area contributed by atoms with Gasteiger partial charge < -0.3 is 5.32 Å². The van der Waals surface area contributed by atoms with E-state index < -0.39 is 0 Å². The molecule has 0 aliphatic heterocycles. The van der Waals surface area contributed by atoms with Gasteiger partial charge in [0.1, 0.15) is 0 Å². The third-order valence-corrected chi connectivity index (χ3v) is 7.51. The number of allylic oxidation sites excluding steroid dienone is 5. The van der Waals surface area contributed by atoms with Crippen LogP contribution in [0.1, 0.15) is 86.5 Å². The van der Waals surface area contributed by atoms with Crippen molar-refractivity contribution < 1.29 is 0 Å². The van der Waals surface area contributed by atoms with Crippen molar-refractivity contribution >= 4 is 11.8 Å². The highest BCUT2D eigenvalue weighted by atomic mass is 32.2. The first-order valence-electron chi connectivity index (χ1n) is 11.2. The van der Waals surface area contributed by atoms with Crippen LogP contribution in [0.3, 0.4) is 0 Å². The molecule has 0 aliphatic carbocycles. The number of nitrogens with one attached hydrogen (secondary N) is 1. The number of hydrogen-bond donors (Lipinski definition) is 1. The van der Waals surface area contributed by atoms with E-state index in [1.165, 1.54) is 38.5 Å². The maximum absolute atomic E-state index is 4.11. The van der Waals surface area contributed by atoms with Crippen LogP contribution in [0.4, 0.5) is 0 Å². The highest BCUT2D eigenvalue weighted by Crippen LogP contribution is 2.46. The molecule has 0 aromatic carbocycles. The van der Waals surface area contributed by atoms with Gasteiger partial charge in [-0.15, -0.1) is 0 Å². The normalized spacial score (nSPS) is 16.4. The van der Waals surface area contributed by atoms with Gasteiger partial charge in [0.05, 0.1) is 0 Å². The Morgan fingerprint density at radius 2 is 1.75 bits per heavy atom. The van der Waals surface area contributed by atoms with Crippen molar-refractivity contribution in [3.63, 3.8) is 0 Å². The summed E-state index contributed by atoms with van der Waals surface area (Å²) >= 11 is 2.06. The number of hydrogen-bond acceptors (Lipinski definition) is 2. The van der Waals surface area contributed by atoms with Crippen LogP contribution in [0.15, 0.2) is 48.9 Å². The van der Waals surface area contributed by atoms with Gasteiger partial charge >= 0.3 is 0 Å². The predicted octanol–water partition coefficient (Wildman–Crippen LogP) is 8.52. The number of unbranched alkanes of at least 4 members (excludes halogenated alkanes) is 3. The van der Waals surface area contributed by atoms with Crippen LogP contribution in [0, 0.1) is 17.3 Å². The van der Waals surface area contributed by atoms with E-state index >= 15 is 0 Å². The van der Waals surface area contributed by atoms with Crippen LogP contribution in [-0.2, 0) is 0 Å². The Labute approximate surface area is 181 Å². The molecule has 0 fully saturated rings. The molecule has 28 heavy (non-hydrogen) atoms. The van der Waals surface area contributed by atoms with Gasteiger partial charge in [-0.2, -0.15) is 11.8 Å². The lowest BCUT2D eigenvalue weighted by atomic mass is 9.68. The second-order valence-electron chi connectivity index (χ2n) is 8.49. The molecule has 3 unspecified atom stereocenters. The molecule has 1 nitrogen and oxygen atoms in total. The zero-order valence-corrected chi connectivity index (χ0v) is 20.6. The minimum atomic E-state index is 0.220. The summed E-state index contributed by atoms with van der Waals surface area (Å²) in [5.74, 6) is 1.22. The number of rotatable bonds is 16. The molecule has 0 amide bonds. The fraction of sp³-hybridized carbons (Fsp3) is 0.692. The van der Waals surface area contributed by atoms with E-state index in [2.05, 4.69) is 95.4 Å². The summed E-state index contributed by atoms with van der Waals surface area (Å²) in [4.78, 5) is 0. The molecule has 0 radical (unpaired) electrons. The summed E-state index contributed by atoms with van der Waals surface area (Å²) in [7, 11) is 0. The Balaban J connectivity index is 5.47. The minimum Gasteiger partial charge on any atom is -0.360 e. The zero-order valence-electron chi connectivity index (χ0n) is 19.8. The van der Waals surface area contributed by atoms with Crippen LogP contribution in [0.5, 0.6) is 0 Å². The SMILES string of the molecule is C=C(C)NC(=C)/C=C\C(C)C(C)(C/C=C/CCCCC)C(SC)C(CC)CC. The monoisotopic (exact) mass is 405 g/mol. The molecular formula is C26H47NS. The molecule has 0 bridgehead atoms. The van der Waals surface area contributed by atoms with Crippen LogP contribution < -0.4 is 5.32 Å². The van der Waals surface area contributed by atoms with Crippen LogP contribution in [0.2, 0.25) is 0 Å². The molecule has 162 valence electrons. The molecule has 2 heteroatoms. The van der Waals surface area contributed by atoms with E-state index in [9.17, 15) is 0 Å². The summed E-state index contributed by atoms with van der Waals surface area (Å²) in [6.07, 6.45) is 20.4. The van der Waals surface area contributed by atoms with Crippen molar-refractivity contribution in [3.05, 3.63) is 48.9 Å². The molecule has 0 rings (SSSR count). The fourth-order valence-electron chi connectivity index (χ4n) is 4.04. The Morgan fingerprint density at radius 1 is 1.11 bits per heavy atom. The Kier molecular flexibility index (Phi) is 14.5. The number of thioether (sulfide) groups is 1. The van der Waals surface area contributed by atoms with E-state index in [0.717, 1.165) is 23.7 Å². The standard InChI is InChI=1S/C26H47NS/c1-10-13-14-15-16-17-20-26(8,25(28-9)24(11-2)12-3)22(6)18-19-23(7)27-21(4)5/h16-19,22,24-25,27H,4,7,10-15,20H2,1-3,5-6,8-9H3/b17-16+,19-18-. The van der Waals surface area contributed by atoms with Gasteiger partial charge in [-0.05, 0) is 55.8 Å². The van der Waals surface area contributed by atoms with Gasteiger partial charge in [0, 0.05) is 16.6 Å². The third-order valence-electron chi connectivity index (χ3n) is 6.08. The minimum absolute atomic E-state index is 0.220. The average molecular weight is 406 g/mol. The summed E-state index contributed by atoms with van der Waals surface area (Å²) in [5, 5.41) is 3.86. The maximum Gasteiger partial charge on any atom is 0.0305 e. The summed E-state index contributed by atoms with van der Waals surface area (Å²) in [5.41, 5.74) is 2.07. The van der Waals surface area contributed by atoms with E-state index in [0.29, 0.717) is 11.2 Å². The van der Waals surface area contributed by atoms with Crippen molar-refractivity contribution in [2.24, 2.45) is 17.3 Å². The smallest absolute Gasteiger partial charge is 0.0305 e. The molecule has 0 heterocycles. The summed E-state index contributed by atoms with van der Waals surface area (Å²) in [6, 6.07) is 0. The van der Waals surface area contributed by atoms with Crippen molar-refractivity contribution in [1.82, 2.24) is 5.32 Å². The highest BCUT2D eigenvalue weighted by molar-refractivity contribution is 7.99. The van der Waals surface area contributed by atoms with Crippen LogP contribution in [-0.4, -0.2) is 11.5 Å². The van der Waals surface area contributed by atoms with Gasteiger partial charge in [0.25, 0.3) is 0 Å². The van der Waals surface area contributed by atoms with E-state index in [4.69, 9.17) is 0 Å². The first-order chi connectivity index (χ1) is 13.3. The second kappa shape index (κ2) is 15.0. The van der Waals surface area contributed by atoms with Crippen molar-refractivity contribution in [3.8, 4) is 0 Å². The summed E-state index contributed by atoms with van der Waals surface area (Å²) in [6.45, 7) is 21.8. The Bertz CT molecular complexity index is 501. The van der Waals surface area contributed by atoms with Gasteiger partial charge in [-0.1, -0.05) is 91.7 Å². The Hall–Kier alpha value is -0.890. The van der Waals surface area contributed by atoms with E-state index in [-0.39, 0.29) is 5.41 Å². The molecule has 1 N–H and O–H groups in total.